The lowest BCUT2D eigenvalue weighted by Gasteiger charge is -2.12. The molecule has 0 aliphatic carbocycles. The van der Waals surface area contributed by atoms with E-state index in [9.17, 15) is 0 Å². The topological polar surface area (TPSA) is 43.4 Å². The molecule has 2 aromatic rings. The first-order valence-corrected chi connectivity index (χ1v) is 7.62. The number of aryl methyl sites for hydroxylation is 1. The molecule has 1 N–H and O–H groups in total. The number of anilines is 1. The molecule has 1 atom stereocenters. The number of nitrogens with zero attached hydrogens (tertiary/aromatic N) is 1. The number of nitrogens with one attached hydrogen (secondary N) is 1. The number of ether oxygens (including phenoxy) is 2. The van der Waals surface area contributed by atoms with E-state index in [0.29, 0.717) is 19.3 Å². The molecule has 1 aliphatic rings. The highest BCUT2D eigenvalue weighted by Gasteiger charge is 2.14. The van der Waals surface area contributed by atoms with Crippen molar-refractivity contribution in [1.82, 2.24) is 4.98 Å². The van der Waals surface area contributed by atoms with Crippen LogP contribution in [-0.4, -0.2) is 37.5 Å². The van der Waals surface area contributed by atoms with Gasteiger partial charge in [0.2, 0.25) is 0 Å². The molecular weight excluding hydrogens is 264 g/mol. The fraction of sp³-hybridized carbons (Fsp3) is 0.471. The maximum Gasteiger partial charge on any atom is 0.0809 e. The van der Waals surface area contributed by atoms with Crippen LogP contribution in [0, 0.1) is 6.92 Å². The normalized spacial score (nSPS) is 18.2. The average Bonchev–Trinajstić information content (AvgIpc) is 3.00. The van der Waals surface area contributed by atoms with Crippen molar-refractivity contribution < 1.29 is 9.47 Å². The Hall–Kier alpha value is -1.65. The highest BCUT2D eigenvalue weighted by atomic mass is 16.5. The molecule has 4 heteroatoms. The van der Waals surface area contributed by atoms with Gasteiger partial charge in [0.1, 0.15) is 0 Å². The molecule has 1 fully saturated rings. The third-order valence-electron chi connectivity index (χ3n) is 3.73. The molecule has 0 amide bonds. The predicted molar refractivity (Wildman–Crippen MR) is 84.8 cm³/mol. The van der Waals surface area contributed by atoms with Gasteiger partial charge in [-0.2, -0.15) is 0 Å². The van der Waals surface area contributed by atoms with Crippen LogP contribution >= 0.6 is 0 Å². The molecule has 2 heterocycles. The zero-order valence-electron chi connectivity index (χ0n) is 12.5. The van der Waals surface area contributed by atoms with Crippen molar-refractivity contribution in [3.8, 4) is 0 Å². The number of benzene rings is 1. The van der Waals surface area contributed by atoms with Crippen molar-refractivity contribution in [2.45, 2.75) is 25.9 Å². The Morgan fingerprint density at radius 2 is 2.29 bits per heavy atom. The fourth-order valence-electron chi connectivity index (χ4n) is 2.70. The minimum absolute atomic E-state index is 0.300. The zero-order valence-corrected chi connectivity index (χ0v) is 12.5. The maximum absolute atomic E-state index is 5.68. The van der Waals surface area contributed by atoms with Crippen molar-refractivity contribution in [2.75, 3.05) is 31.7 Å². The van der Waals surface area contributed by atoms with E-state index >= 15 is 0 Å². The molecule has 0 bridgehead atoms. The summed E-state index contributed by atoms with van der Waals surface area (Å²) in [5.41, 5.74) is 3.18. The first-order valence-electron chi connectivity index (χ1n) is 7.62. The lowest BCUT2D eigenvalue weighted by molar-refractivity contribution is 0.0206. The number of fused-ring (bicyclic) bond motifs is 1. The summed E-state index contributed by atoms with van der Waals surface area (Å²) in [6.45, 7) is 5.09. The second kappa shape index (κ2) is 6.87. The van der Waals surface area contributed by atoms with Gasteiger partial charge in [0.05, 0.1) is 24.8 Å². The number of rotatable bonds is 6. The fourth-order valence-corrected chi connectivity index (χ4v) is 2.70. The van der Waals surface area contributed by atoms with Crippen LogP contribution < -0.4 is 5.32 Å². The molecule has 4 nitrogen and oxygen atoms in total. The predicted octanol–water partition coefficient (Wildman–Crippen LogP) is 3.15. The van der Waals surface area contributed by atoms with Crippen LogP contribution in [0.15, 0.2) is 30.3 Å². The average molecular weight is 286 g/mol. The van der Waals surface area contributed by atoms with Crippen LogP contribution in [0.4, 0.5) is 5.69 Å². The van der Waals surface area contributed by atoms with Crippen LogP contribution in [0.2, 0.25) is 0 Å². The van der Waals surface area contributed by atoms with Crippen molar-refractivity contribution in [1.29, 1.82) is 0 Å². The van der Waals surface area contributed by atoms with E-state index in [0.717, 1.165) is 48.3 Å². The summed E-state index contributed by atoms with van der Waals surface area (Å²) in [5.74, 6) is 0. The highest BCUT2D eigenvalue weighted by Crippen LogP contribution is 2.22. The van der Waals surface area contributed by atoms with E-state index in [-0.39, 0.29) is 0 Å². The second-order valence-electron chi connectivity index (χ2n) is 5.47. The van der Waals surface area contributed by atoms with E-state index < -0.39 is 0 Å². The molecule has 1 aromatic carbocycles. The van der Waals surface area contributed by atoms with Gasteiger partial charge in [-0.05, 0) is 31.9 Å². The first kappa shape index (κ1) is 14.3. The Morgan fingerprint density at radius 3 is 3.14 bits per heavy atom. The molecule has 112 valence electrons. The Kier molecular flexibility index (Phi) is 4.68. The lowest BCUT2D eigenvalue weighted by Crippen LogP contribution is -2.18. The molecular formula is C17H22N2O2. The number of aromatic nitrogens is 1. The van der Waals surface area contributed by atoms with Gasteiger partial charge in [-0.15, -0.1) is 0 Å². The largest absolute Gasteiger partial charge is 0.382 e. The molecule has 1 unspecified atom stereocenters. The smallest absolute Gasteiger partial charge is 0.0809 e. The Balaban J connectivity index is 1.52. The third-order valence-corrected chi connectivity index (χ3v) is 3.73. The van der Waals surface area contributed by atoms with E-state index in [1.165, 1.54) is 0 Å². The monoisotopic (exact) mass is 286 g/mol. The number of hydrogen-bond acceptors (Lipinski definition) is 4. The number of para-hydroxylation sites is 1. The SMILES string of the molecule is Cc1cc(NCCOCC2CCCO2)c2ccccc2n1. The molecule has 3 rings (SSSR count). The van der Waals surface area contributed by atoms with Crippen molar-refractivity contribution in [2.24, 2.45) is 0 Å². The summed E-state index contributed by atoms with van der Waals surface area (Å²) in [4.78, 5) is 4.55. The summed E-state index contributed by atoms with van der Waals surface area (Å²) < 4.78 is 11.2. The van der Waals surface area contributed by atoms with Gasteiger partial charge < -0.3 is 14.8 Å². The van der Waals surface area contributed by atoms with Crippen LogP contribution in [0.3, 0.4) is 0 Å². The Morgan fingerprint density at radius 1 is 1.38 bits per heavy atom. The van der Waals surface area contributed by atoms with Crippen molar-refractivity contribution in [3.63, 3.8) is 0 Å². The molecule has 1 aromatic heterocycles. The molecule has 0 saturated carbocycles. The van der Waals surface area contributed by atoms with E-state index in [2.05, 4.69) is 22.4 Å². The maximum atomic E-state index is 5.68. The van der Waals surface area contributed by atoms with Gasteiger partial charge >= 0.3 is 0 Å². The van der Waals surface area contributed by atoms with Gasteiger partial charge in [0.15, 0.2) is 0 Å². The summed E-state index contributed by atoms with van der Waals surface area (Å²) in [6.07, 6.45) is 2.59. The van der Waals surface area contributed by atoms with Crippen LogP contribution in [0.1, 0.15) is 18.5 Å². The van der Waals surface area contributed by atoms with E-state index in [4.69, 9.17) is 9.47 Å². The van der Waals surface area contributed by atoms with Crippen LogP contribution in [0.5, 0.6) is 0 Å². The molecule has 21 heavy (non-hydrogen) atoms. The second-order valence-corrected chi connectivity index (χ2v) is 5.47. The van der Waals surface area contributed by atoms with E-state index in [1.54, 1.807) is 0 Å². The van der Waals surface area contributed by atoms with Crippen LogP contribution in [-0.2, 0) is 9.47 Å². The third kappa shape index (κ3) is 3.71. The molecule has 0 radical (unpaired) electrons. The zero-order chi connectivity index (χ0) is 14.5. The van der Waals surface area contributed by atoms with Crippen LogP contribution in [0.25, 0.3) is 10.9 Å². The Bertz CT molecular complexity index is 594. The lowest BCUT2D eigenvalue weighted by atomic mass is 10.1. The minimum Gasteiger partial charge on any atom is -0.382 e. The summed E-state index contributed by atoms with van der Waals surface area (Å²) in [5, 5.41) is 4.60. The molecule has 0 spiro atoms. The summed E-state index contributed by atoms with van der Waals surface area (Å²) >= 11 is 0. The van der Waals surface area contributed by atoms with Crippen molar-refractivity contribution >= 4 is 16.6 Å². The Labute approximate surface area is 125 Å². The van der Waals surface area contributed by atoms with Gasteiger partial charge in [-0.25, -0.2) is 0 Å². The standard InChI is InChI=1S/C17H22N2O2/c1-13-11-17(15-6-2-3-7-16(15)19-13)18-8-10-20-12-14-5-4-9-21-14/h2-3,6-7,11,14H,4-5,8-10,12H2,1H3,(H,18,19). The van der Waals surface area contributed by atoms with Gasteiger partial charge in [0, 0.05) is 29.9 Å². The van der Waals surface area contributed by atoms with Crippen molar-refractivity contribution in [3.05, 3.63) is 36.0 Å². The van der Waals surface area contributed by atoms with Gasteiger partial charge in [0.25, 0.3) is 0 Å². The van der Waals surface area contributed by atoms with Gasteiger partial charge in [-0.3, -0.25) is 4.98 Å². The first-order chi connectivity index (χ1) is 10.3. The van der Waals surface area contributed by atoms with E-state index in [1.807, 2.05) is 25.1 Å². The molecule has 1 saturated heterocycles. The quantitative estimate of drug-likeness (QED) is 0.828. The number of hydrogen-bond donors (Lipinski definition) is 1. The summed E-state index contributed by atoms with van der Waals surface area (Å²) in [6, 6.07) is 10.3. The highest BCUT2D eigenvalue weighted by molar-refractivity contribution is 5.91. The minimum atomic E-state index is 0.300. The molecule has 1 aliphatic heterocycles. The number of pyridine rings is 1. The summed E-state index contributed by atoms with van der Waals surface area (Å²) in [7, 11) is 0. The van der Waals surface area contributed by atoms with Gasteiger partial charge in [-0.1, -0.05) is 18.2 Å².